The van der Waals surface area contributed by atoms with E-state index in [9.17, 15) is 5.11 Å². The summed E-state index contributed by atoms with van der Waals surface area (Å²) < 4.78 is 0. The Morgan fingerprint density at radius 2 is 2.06 bits per heavy atom. The first-order chi connectivity index (χ1) is 8.48. The molecule has 0 radical (unpaired) electrons. The second-order valence-electron chi connectivity index (χ2n) is 5.59. The third-order valence-corrected chi connectivity index (χ3v) is 3.62. The van der Waals surface area contributed by atoms with Gasteiger partial charge < -0.3 is 15.3 Å². The van der Waals surface area contributed by atoms with Crippen molar-refractivity contribution in [3.05, 3.63) is 18.3 Å². The van der Waals surface area contributed by atoms with Gasteiger partial charge in [-0.05, 0) is 45.7 Å². The highest BCUT2D eigenvalue weighted by Gasteiger charge is 2.24. The summed E-state index contributed by atoms with van der Waals surface area (Å²) in [5.41, 5.74) is 0.256. The van der Waals surface area contributed by atoms with Crippen molar-refractivity contribution >= 4 is 11.5 Å². The second-order valence-corrected chi connectivity index (χ2v) is 5.59. The second kappa shape index (κ2) is 5.14. The summed E-state index contributed by atoms with van der Waals surface area (Å²) in [5, 5.41) is 13.4. The van der Waals surface area contributed by atoms with E-state index in [-0.39, 0.29) is 6.04 Å². The lowest BCUT2D eigenvalue weighted by Gasteiger charge is -2.29. The number of rotatable bonds is 4. The van der Waals surface area contributed by atoms with Gasteiger partial charge in [-0.2, -0.15) is 0 Å². The highest BCUT2D eigenvalue weighted by atomic mass is 16.3. The van der Waals surface area contributed by atoms with E-state index in [0.29, 0.717) is 0 Å². The van der Waals surface area contributed by atoms with Gasteiger partial charge in [0.05, 0.1) is 17.3 Å². The lowest BCUT2D eigenvalue weighted by Crippen LogP contribution is -2.39. The smallest absolute Gasteiger partial charge is 0.151 e. The van der Waals surface area contributed by atoms with E-state index in [4.69, 9.17) is 0 Å². The molecule has 0 aromatic carbocycles. The maximum absolute atomic E-state index is 10.0. The number of hydrogen-bond acceptors (Lipinski definition) is 4. The van der Waals surface area contributed by atoms with Crippen LogP contribution in [0.3, 0.4) is 0 Å². The van der Waals surface area contributed by atoms with Gasteiger partial charge in [0.2, 0.25) is 0 Å². The molecule has 1 saturated heterocycles. The van der Waals surface area contributed by atoms with Gasteiger partial charge in [-0.25, -0.2) is 4.98 Å². The van der Waals surface area contributed by atoms with Gasteiger partial charge in [0.15, 0.2) is 5.82 Å². The number of hydrogen-bond donors (Lipinski definition) is 2. The Kier molecular flexibility index (Phi) is 3.76. The summed E-state index contributed by atoms with van der Waals surface area (Å²) in [6.07, 6.45) is 4.29. The van der Waals surface area contributed by atoms with E-state index in [1.807, 2.05) is 39.1 Å². The molecule has 1 atom stereocenters. The molecule has 1 aliphatic heterocycles. The number of pyridine rings is 1. The van der Waals surface area contributed by atoms with Gasteiger partial charge >= 0.3 is 0 Å². The van der Waals surface area contributed by atoms with E-state index < -0.39 is 5.60 Å². The Morgan fingerprint density at radius 1 is 1.39 bits per heavy atom. The van der Waals surface area contributed by atoms with Gasteiger partial charge in [0.1, 0.15) is 0 Å². The zero-order valence-corrected chi connectivity index (χ0v) is 11.5. The Labute approximate surface area is 109 Å². The first kappa shape index (κ1) is 13.1. The molecule has 2 N–H and O–H groups in total. The van der Waals surface area contributed by atoms with Crippen molar-refractivity contribution in [3.8, 4) is 0 Å². The summed E-state index contributed by atoms with van der Waals surface area (Å²) in [5.74, 6) is 1.01. The van der Waals surface area contributed by atoms with Crippen LogP contribution in [0.15, 0.2) is 18.3 Å². The number of anilines is 2. The van der Waals surface area contributed by atoms with Gasteiger partial charge in [0, 0.05) is 19.3 Å². The summed E-state index contributed by atoms with van der Waals surface area (Å²) >= 11 is 0. The van der Waals surface area contributed by atoms with Crippen molar-refractivity contribution in [1.82, 2.24) is 4.98 Å². The lowest BCUT2D eigenvalue weighted by atomic mass is 10.0. The Bertz CT molecular complexity index is 394. The molecule has 2 heterocycles. The molecule has 4 nitrogen and oxygen atoms in total. The predicted molar refractivity (Wildman–Crippen MR) is 75.1 cm³/mol. The van der Waals surface area contributed by atoms with E-state index in [1.165, 1.54) is 12.8 Å². The highest BCUT2D eigenvalue weighted by molar-refractivity contribution is 5.66. The molecule has 0 saturated carbocycles. The minimum absolute atomic E-state index is 0.0250. The summed E-state index contributed by atoms with van der Waals surface area (Å²) in [4.78, 5) is 6.78. The number of nitrogens with one attached hydrogen (secondary N) is 1. The molecule has 1 aliphatic rings. The normalized spacial score (nSPS) is 17.9. The van der Waals surface area contributed by atoms with E-state index >= 15 is 0 Å². The monoisotopic (exact) mass is 249 g/mol. The fourth-order valence-electron chi connectivity index (χ4n) is 2.10. The maximum Gasteiger partial charge on any atom is 0.151 e. The molecule has 1 fully saturated rings. The molecule has 0 amide bonds. The molecule has 1 aromatic heterocycles. The Hall–Kier alpha value is -1.29. The Morgan fingerprint density at radius 3 is 2.67 bits per heavy atom. The van der Waals surface area contributed by atoms with Crippen LogP contribution in [-0.4, -0.2) is 34.8 Å². The molecule has 1 aromatic rings. The summed E-state index contributed by atoms with van der Waals surface area (Å²) in [6, 6.07) is 3.94. The van der Waals surface area contributed by atoms with Crippen LogP contribution in [0, 0.1) is 0 Å². The van der Waals surface area contributed by atoms with Crippen LogP contribution in [0.25, 0.3) is 0 Å². The third kappa shape index (κ3) is 2.93. The van der Waals surface area contributed by atoms with Crippen LogP contribution in [-0.2, 0) is 0 Å². The predicted octanol–water partition coefficient (Wildman–Crippen LogP) is 2.25. The van der Waals surface area contributed by atoms with Gasteiger partial charge in [0.25, 0.3) is 0 Å². The molecule has 0 spiro atoms. The summed E-state index contributed by atoms with van der Waals surface area (Å²) in [7, 11) is 0. The van der Waals surface area contributed by atoms with Crippen LogP contribution in [0.1, 0.15) is 33.6 Å². The standard InChI is InChI=1S/C14H23N3O/c1-11(14(2,3)18)16-12-7-6-8-15-13(12)17-9-4-5-10-17/h6-8,11,16,18H,4-5,9-10H2,1-3H3. The highest BCUT2D eigenvalue weighted by Crippen LogP contribution is 2.27. The van der Waals surface area contributed by atoms with Crippen molar-refractivity contribution in [3.63, 3.8) is 0 Å². The minimum Gasteiger partial charge on any atom is -0.388 e. The van der Waals surface area contributed by atoms with Crippen molar-refractivity contribution in [2.45, 2.75) is 45.3 Å². The van der Waals surface area contributed by atoms with E-state index in [1.54, 1.807) is 0 Å². The van der Waals surface area contributed by atoms with Crippen LogP contribution < -0.4 is 10.2 Å². The molecule has 4 heteroatoms. The van der Waals surface area contributed by atoms with Gasteiger partial charge in [-0.1, -0.05) is 0 Å². The molecule has 2 rings (SSSR count). The number of aliphatic hydroxyl groups is 1. The van der Waals surface area contributed by atoms with Crippen LogP contribution >= 0.6 is 0 Å². The molecule has 18 heavy (non-hydrogen) atoms. The third-order valence-electron chi connectivity index (χ3n) is 3.62. The van der Waals surface area contributed by atoms with Crippen LogP contribution in [0.4, 0.5) is 11.5 Å². The van der Waals surface area contributed by atoms with Gasteiger partial charge in [-0.15, -0.1) is 0 Å². The number of nitrogens with zero attached hydrogens (tertiary/aromatic N) is 2. The lowest BCUT2D eigenvalue weighted by molar-refractivity contribution is 0.0649. The van der Waals surface area contributed by atoms with Crippen molar-refractivity contribution < 1.29 is 5.11 Å². The average molecular weight is 249 g/mol. The van der Waals surface area contributed by atoms with Crippen LogP contribution in [0.2, 0.25) is 0 Å². The van der Waals surface area contributed by atoms with Gasteiger partial charge in [-0.3, -0.25) is 0 Å². The molecule has 1 unspecified atom stereocenters. The molecule has 0 aliphatic carbocycles. The summed E-state index contributed by atoms with van der Waals surface area (Å²) in [6.45, 7) is 7.76. The largest absolute Gasteiger partial charge is 0.388 e. The minimum atomic E-state index is -0.752. The number of aromatic nitrogens is 1. The fraction of sp³-hybridized carbons (Fsp3) is 0.643. The average Bonchev–Trinajstić information content (AvgIpc) is 2.82. The molecule has 100 valence electrons. The maximum atomic E-state index is 10.0. The topological polar surface area (TPSA) is 48.4 Å². The van der Waals surface area contributed by atoms with Crippen molar-refractivity contribution in [1.29, 1.82) is 0 Å². The molecule has 0 bridgehead atoms. The fourth-order valence-corrected chi connectivity index (χ4v) is 2.10. The molecular formula is C14H23N3O. The molecular weight excluding hydrogens is 226 g/mol. The van der Waals surface area contributed by atoms with Crippen molar-refractivity contribution in [2.75, 3.05) is 23.3 Å². The zero-order valence-electron chi connectivity index (χ0n) is 11.5. The first-order valence-electron chi connectivity index (χ1n) is 6.67. The quantitative estimate of drug-likeness (QED) is 0.859. The van der Waals surface area contributed by atoms with Crippen LogP contribution in [0.5, 0.6) is 0 Å². The van der Waals surface area contributed by atoms with E-state index in [0.717, 1.165) is 24.6 Å². The first-order valence-corrected chi connectivity index (χ1v) is 6.67. The Balaban J connectivity index is 2.17. The van der Waals surface area contributed by atoms with Crippen molar-refractivity contribution in [2.24, 2.45) is 0 Å². The zero-order chi connectivity index (χ0) is 13.2. The SMILES string of the molecule is CC(Nc1cccnc1N1CCCC1)C(C)(C)O. The van der Waals surface area contributed by atoms with E-state index in [2.05, 4.69) is 15.2 Å².